The molecule has 1 rings (SSSR count). The maximum Gasteiger partial charge on any atom is 0.303 e. The van der Waals surface area contributed by atoms with Crippen LogP contribution in [0.25, 0.3) is 0 Å². The van der Waals surface area contributed by atoms with Crippen LogP contribution in [0.1, 0.15) is 72.1 Å². The van der Waals surface area contributed by atoms with Crippen LogP contribution in [0.15, 0.2) is 0 Å². The van der Waals surface area contributed by atoms with Crippen LogP contribution in [-0.2, 0) is 9.59 Å². The highest BCUT2D eigenvalue weighted by Gasteiger charge is 2.37. The summed E-state index contributed by atoms with van der Waals surface area (Å²) in [6, 6.07) is 0.234. The van der Waals surface area contributed by atoms with Crippen LogP contribution in [-0.4, -0.2) is 34.5 Å². The topological polar surface area (TPSA) is 57.6 Å². The molecule has 1 aliphatic rings. The van der Waals surface area contributed by atoms with Gasteiger partial charge < -0.3 is 10.0 Å². The number of carboxylic acids is 1. The Morgan fingerprint density at radius 2 is 1.75 bits per heavy atom. The standard InChI is InChI=1S/C16H29NO3/c1-4-13(3)17(5-2)14(18)11-16(12-15(19)20)9-7-6-8-10-16/h13H,4-12H2,1-3H3,(H,19,20). The minimum Gasteiger partial charge on any atom is -0.481 e. The molecular weight excluding hydrogens is 254 g/mol. The first kappa shape index (κ1) is 17.0. The number of hydrogen-bond acceptors (Lipinski definition) is 2. The summed E-state index contributed by atoms with van der Waals surface area (Å²) < 4.78 is 0. The highest BCUT2D eigenvalue weighted by molar-refractivity contribution is 5.78. The number of rotatable bonds is 7. The van der Waals surface area contributed by atoms with Crippen LogP contribution in [0, 0.1) is 5.41 Å². The Morgan fingerprint density at radius 1 is 1.15 bits per heavy atom. The smallest absolute Gasteiger partial charge is 0.303 e. The Kier molecular flexibility index (Phi) is 6.50. The molecule has 1 atom stereocenters. The summed E-state index contributed by atoms with van der Waals surface area (Å²) in [5.41, 5.74) is -0.304. The van der Waals surface area contributed by atoms with Crippen molar-refractivity contribution in [1.82, 2.24) is 4.90 Å². The highest BCUT2D eigenvalue weighted by atomic mass is 16.4. The molecule has 116 valence electrons. The molecule has 0 spiro atoms. The number of carboxylic acid groups (broad SMARTS) is 1. The van der Waals surface area contributed by atoms with Gasteiger partial charge in [-0.05, 0) is 38.5 Å². The first-order valence-corrected chi connectivity index (χ1v) is 7.95. The van der Waals surface area contributed by atoms with Crippen LogP contribution in [0.5, 0.6) is 0 Å². The minimum absolute atomic E-state index is 0.130. The van der Waals surface area contributed by atoms with E-state index in [1.54, 1.807) is 0 Å². The van der Waals surface area contributed by atoms with Crippen molar-refractivity contribution in [2.75, 3.05) is 6.54 Å². The van der Waals surface area contributed by atoms with Gasteiger partial charge in [-0.1, -0.05) is 26.2 Å². The lowest BCUT2D eigenvalue weighted by Crippen LogP contribution is -2.42. The molecule has 0 saturated heterocycles. The molecule has 0 bridgehead atoms. The molecule has 0 aromatic carbocycles. The van der Waals surface area contributed by atoms with Gasteiger partial charge in [0.2, 0.25) is 5.91 Å². The molecule has 0 radical (unpaired) electrons. The zero-order valence-electron chi connectivity index (χ0n) is 13.2. The van der Waals surface area contributed by atoms with Crippen LogP contribution in [0.2, 0.25) is 0 Å². The van der Waals surface area contributed by atoms with Gasteiger partial charge in [0.25, 0.3) is 0 Å². The van der Waals surface area contributed by atoms with Crippen molar-refractivity contribution in [3.05, 3.63) is 0 Å². The summed E-state index contributed by atoms with van der Waals surface area (Å²) in [5.74, 6) is -0.642. The maximum absolute atomic E-state index is 12.6. The van der Waals surface area contributed by atoms with E-state index in [1.165, 1.54) is 6.42 Å². The van der Waals surface area contributed by atoms with Crippen molar-refractivity contribution >= 4 is 11.9 Å². The first-order valence-electron chi connectivity index (χ1n) is 7.95. The molecule has 1 unspecified atom stereocenters. The Balaban J connectivity index is 2.77. The lowest BCUT2D eigenvalue weighted by atomic mass is 9.69. The Morgan fingerprint density at radius 3 is 2.20 bits per heavy atom. The Bertz CT molecular complexity index is 335. The molecule has 1 N–H and O–H groups in total. The second kappa shape index (κ2) is 7.65. The summed E-state index contributed by atoms with van der Waals surface area (Å²) in [6.07, 6.45) is 6.50. The first-order chi connectivity index (χ1) is 9.44. The molecule has 0 heterocycles. The number of carbonyl (C=O) groups excluding carboxylic acids is 1. The summed E-state index contributed by atoms with van der Waals surface area (Å²) in [4.78, 5) is 25.6. The predicted molar refractivity (Wildman–Crippen MR) is 79.5 cm³/mol. The monoisotopic (exact) mass is 283 g/mol. The molecule has 4 nitrogen and oxygen atoms in total. The molecule has 20 heavy (non-hydrogen) atoms. The van der Waals surface area contributed by atoms with E-state index in [4.69, 9.17) is 0 Å². The largest absolute Gasteiger partial charge is 0.481 e. The summed E-state index contributed by atoms with van der Waals surface area (Å²) in [7, 11) is 0. The Hall–Kier alpha value is -1.06. The predicted octanol–water partition coefficient (Wildman–Crippen LogP) is 3.45. The van der Waals surface area contributed by atoms with Gasteiger partial charge in [0.1, 0.15) is 0 Å². The quantitative estimate of drug-likeness (QED) is 0.778. The van der Waals surface area contributed by atoms with Crippen molar-refractivity contribution in [2.24, 2.45) is 5.41 Å². The third-order valence-corrected chi connectivity index (χ3v) is 4.75. The fourth-order valence-electron chi connectivity index (χ4n) is 3.42. The van der Waals surface area contributed by atoms with Gasteiger partial charge >= 0.3 is 5.97 Å². The van der Waals surface area contributed by atoms with Gasteiger partial charge in [-0.15, -0.1) is 0 Å². The summed E-state index contributed by atoms with van der Waals surface area (Å²) >= 11 is 0. The zero-order valence-corrected chi connectivity index (χ0v) is 13.2. The second-order valence-corrected chi connectivity index (χ2v) is 6.24. The van der Waals surface area contributed by atoms with Crippen molar-refractivity contribution in [3.8, 4) is 0 Å². The summed E-state index contributed by atoms with van der Waals surface area (Å²) in [5, 5.41) is 9.17. The van der Waals surface area contributed by atoms with Crippen LogP contribution in [0.4, 0.5) is 0 Å². The van der Waals surface area contributed by atoms with Crippen molar-refractivity contribution < 1.29 is 14.7 Å². The SMILES string of the molecule is CCC(C)N(CC)C(=O)CC1(CC(=O)O)CCCCC1. The fourth-order valence-corrected chi connectivity index (χ4v) is 3.42. The van der Waals surface area contributed by atoms with E-state index in [9.17, 15) is 14.7 Å². The van der Waals surface area contributed by atoms with E-state index >= 15 is 0 Å². The molecule has 0 aromatic rings. The Labute approximate surface area is 122 Å². The summed E-state index contributed by atoms with van der Waals surface area (Å²) in [6.45, 7) is 6.84. The highest BCUT2D eigenvalue weighted by Crippen LogP contribution is 2.42. The zero-order chi connectivity index (χ0) is 15.2. The van der Waals surface area contributed by atoms with E-state index in [1.807, 2.05) is 11.8 Å². The second-order valence-electron chi connectivity index (χ2n) is 6.24. The molecular formula is C16H29NO3. The van der Waals surface area contributed by atoms with Crippen LogP contribution in [0.3, 0.4) is 0 Å². The van der Waals surface area contributed by atoms with Crippen LogP contribution >= 0.6 is 0 Å². The van der Waals surface area contributed by atoms with Crippen molar-refractivity contribution in [3.63, 3.8) is 0 Å². The fraction of sp³-hybridized carbons (Fsp3) is 0.875. The number of nitrogens with zero attached hydrogens (tertiary/aromatic N) is 1. The van der Waals surface area contributed by atoms with E-state index in [0.717, 1.165) is 32.1 Å². The number of aliphatic carboxylic acids is 1. The van der Waals surface area contributed by atoms with Gasteiger partial charge in [0, 0.05) is 19.0 Å². The average molecular weight is 283 g/mol. The molecule has 0 aromatic heterocycles. The van der Waals surface area contributed by atoms with E-state index < -0.39 is 5.97 Å². The molecule has 1 amide bonds. The van der Waals surface area contributed by atoms with E-state index in [2.05, 4.69) is 13.8 Å². The minimum atomic E-state index is -0.772. The lowest BCUT2D eigenvalue weighted by Gasteiger charge is -2.38. The third-order valence-electron chi connectivity index (χ3n) is 4.75. The van der Waals surface area contributed by atoms with Gasteiger partial charge in [-0.3, -0.25) is 9.59 Å². The van der Waals surface area contributed by atoms with Crippen LogP contribution < -0.4 is 0 Å². The number of amides is 1. The molecule has 1 fully saturated rings. The number of hydrogen-bond donors (Lipinski definition) is 1. The molecule has 1 saturated carbocycles. The average Bonchev–Trinajstić information content (AvgIpc) is 2.39. The maximum atomic E-state index is 12.6. The van der Waals surface area contributed by atoms with Crippen molar-refractivity contribution in [2.45, 2.75) is 78.2 Å². The third kappa shape index (κ3) is 4.50. The van der Waals surface area contributed by atoms with E-state index in [0.29, 0.717) is 13.0 Å². The van der Waals surface area contributed by atoms with Gasteiger partial charge in [-0.25, -0.2) is 0 Å². The lowest BCUT2D eigenvalue weighted by molar-refractivity contribution is -0.143. The van der Waals surface area contributed by atoms with Gasteiger partial charge in [0.05, 0.1) is 6.42 Å². The molecule has 1 aliphatic carbocycles. The molecule has 0 aliphatic heterocycles. The van der Waals surface area contributed by atoms with Crippen molar-refractivity contribution in [1.29, 1.82) is 0 Å². The molecule has 4 heteroatoms. The van der Waals surface area contributed by atoms with Gasteiger partial charge in [0.15, 0.2) is 0 Å². The normalized spacial score (nSPS) is 19.4. The number of carbonyl (C=O) groups is 2. The van der Waals surface area contributed by atoms with E-state index in [-0.39, 0.29) is 23.8 Å². The van der Waals surface area contributed by atoms with Gasteiger partial charge in [-0.2, -0.15) is 0 Å².